The highest BCUT2D eigenvalue weighted by Gasteiger charge is 2.47. The smallest absolute Gasteiger partial charge is 0.0684 e. The Hall–Kier alpha value is -0.820. The van der Waals surface area contributed by atoms with Crippen LogP contribution in [0.2, 0.25) is 0 Å². The van der Waals surface area contributed by atoms with E-state index in [9.17, 15) is 5.11 Å². The number of hydrogen-bond donors (Lipinski definition) is 1. The van der Waals surface area contributed by atoms with Gasteiger partial charge in [0.15, 0.2) is 0 Å². The van der Waals surface area contributed by atoms with Crippen molar-refractivity contribution in [3.8, 4) is 0 Å². The molecule has 19 heavy (non-hydrogen) atoms. The van der Waals surface area contributed by atoms with Gasteiger partial charge in [0.2, 0.25) is 0 Å². The van der Waals surface area contributed by atoms with E-state index in [4.69, 9.17) is 0 Å². The molecule has 1 aromatic carbocycles. The van der Waals surface area contributed by atoms with Crippen molar-refractivity contribution in [2.75, 3.05) is 0 Å². The van der Waals surface area contributed by atoms with Gasteiger partial charge in [0, 0.05) is 0 Å². The fraction of sp³-hybridized carbons (Fsp3) is 0.667. The lowest BCUT2D eigenvalue weighted by Gasteiger charge is -2.51. The number of rotatable bonds is 0. The Morgan fingerprint density at radius 1 is 1.00 bits per heavy atom. The van der Waals surface area contributed by atoms with Crippen LogP contribution in [0.25, 0.3) is 0 Å². The summed E-state index contributed by atoms with van der Waals surface area (Å²) in [4.78, 5) is 0. The largest absolute Gasteiger partial charge is 0.390 e. The highest BCUT2D eigenvalue weighted by atomic mass is 16.3. The summed E-state index contributed by atoms with van der Waals surface area (Å²) in [5.74, 6) is 0.460. The van der Waals surface area contributed by atoms with E-state index in [1.807, 2.05) is 0 Å². The molecule has 0 bridgehead atoms. The molecule has 2 atom stereocenters. The maximum atomic E-state index is 11.2. The van der Waals surface area contributed by atoms with Crippen molar-refractivity contribution in [2.45, 2.75) is 64.4 Å². The molecule has 2 aliphatic rings. The van der Waals surface area contributed by atoms with Crippen LogP contribution in [-0.4, -0.2) is 10.7 Å². The van der Waals surface area contributed by atoms with Gasteiger partial charge in [-0.25, -0.2) is 0 Å². The third kappa shape index (κ3) is 2.33. The Kier molecular flexibility index (Phi) is 3.21. The van der Waals surface area contributed by atoms with Crippen LogP contribution in [0.15, 0.2) is 24.3 Å². The molecule has 0 heterocycles. The molecule has 0 aromatic heterocycles. The first kappa shape index (κ1) is 13.2. The van der Waals surface area contributed by atoms with Crippen LogP contribution < -0.4 is 0 Å². The van der Waals surface area contributed by atoms with Crippen molar-refractivity contribution < 1.29 is 5.11 Å². The molecule has 0 aliphatic heterocycles. The first-order valence-electron chi connectivity index (χ1n) is 7.80. The van der Waals surface area contributed by atoms with Gasteiger partial charge >= 0.3 is 0 Å². The van der Waals surface area contributed by atoms with Gasteiger partial charge in [-0.3, -0.25) is 0 Å². The van der Waals surface area contributed by atoms with Crippen LogP contribution in [-0.2, 0) is 12.8 Å². The van der Waals surface area contributed by atoms with Crippen molar-refractivity contribution in [3.63, 3.8) is 0 Å². The number of aliphatic hydroxyl groups is 1. The summed E-state index contributed by atoms with van der Waals surface area (Å²) in [7, 11) is 0. The molecule has 1 fully saturated rings. The second-order valence-electron chi connectivity index (χ2n) is 7.31. The molecule has 0 saturated heterocycles. The van der Waals surface area contributed by atoms with E-state index in [2.05, 4.69) is 38.1 Å². The minimum absolute atomic E-state index is 0.291. The van der Waals surface area contributed by atoms with Crippen molar-refractivity contribution in [2.24, 2.45) is 11.3 Å². The summed E-state index contributed by atoms with van der Waals surface area (Å²) in [6.45, 7) is 4.71. The lowest BCUT2D eigenvalue weighted by molar-refractivity contribution is -0.111. The minimum Gasteiger partial charge on any atom is -0.390 e. The molecule has 3 rings (SSSR count). The average molecular weight is 258 g/mol. The highest BCUT2D eigenvalue weighted by molar-refractivity contribution is 5.28. The zero-order valence-electron chi connectivity index (χ0n) is 12.3. The molecule has 1 nitrogen and oxygen atoms in total. The van der Waals surface area contributed by atoms with Crippen molar-refractivity contribution >= 4 is 0 Å². The van der Waals surface area contributed by atoms with E-state index in [0.29, 0.717) is 11.3 Å². The van der Waals surface area contributed by atoms with Crippen LogP contribution in [0, 0.1) is 11.3 Å². The highest BCUT2D eigenvalue weighted by Crippen LogP contribution is 2.50. The number of benzene rings is 1. The number of fused-ring (bicyclic) bond motifs is 2. The summed E-state index contributed by atoms with van der Waals surface area (Å²) in [5.41, 5.74) is 2.83. The molecule has 1 N–H and O–H groups in total. The Balaban J connectivity index is 1.93. The van der Waals surface area contributed by atoms with E-state index < -0.39 is 5.60 Å². The van der Waals surface area contributed by atoms with Crippen molar-refractivity contribution in [3.05, 3.63) is 35.4 Å². The van der Waals surface area contributed by atoms with Crippen LogP contribution in [0.5, 0.6) is 0 Å². The zero-order chi connectivity index (χ0) is 13.5. The van der Waals surface area contributed by atoms with E-state index in [1.165, 1.54) is 24.0 Å². The third-order valence-electron chi connectivity index (χ3n) is 5.67. The second kappa shape index (κ2) is 4.63. The predicted octanol–water partition coefficient (Wildman–Crippen LogP) is 4.12. The van der Waals surface area contributed by atoms with Crippen molar-refractivity contribution in [1.29, 1.82) is 0 Å². The minimum atomic E-state index is -0.421. The molecule has 1 saturated carbocycles. The van der Waals surface area contributed by atoms with Gasteiger partial charge in [-0.1, -0.05) is 44.5 Å². The summed E-state index contributed by atoms with van der Waals surface area (Å²) in [6.07, 6.45) is 7.71. The van der Waals surface area contributed by atoms with E-state index >= 15 is 0 Å². The van der Waals surface area contributed by atoms with Crippen LogP contribution in [0.1, 0.15) is 57.1 Å². The fourth-order valence-corrected chi connectivity index (χ4v) is 4.58. The van der Waals surface area contributed by atoms with Crippen LogP contribution >= 0.6 is 0 Å². The lowest BCUT2D eigenvalue weighted by Crippen LogP contribution is -2.50. The van der Waals surface area contributed by atoms with E-state index in [1.54, 1.807) is 0 Å². The number of aryl methyl sites for hydroxylation is 2. The van der Waals surface area contributed by atoms with Gasteiger partial charge in [-0.05, 0) is 61.0 Å². The van der Waals surface area contributed by atoms with Crippen molar-refractivity contribution in [1.82, 2.24) is 0 Å². The third-order valence-corrected chi connectivity index (χ3v) is 5.67. The molecule has 0 spiro atoms. The SMILES string of the molecule is CC1(C)CCC[C@]2(O)CCc3ccccc3CC[C@@H]12. The number of hydrogen-bond acceptors (Lipinski definition) is 1. The first-order valence-corrected chi connectivity index (χ1v) is 7.80. The molecule has 0 unspecified atom stereocenters. The molecular weight excluding hydrogens is 232 g/mol. The van der Waals surface area contributed by atoms with Gasteiger partial charge < -0.3 is 5.11 Å². The Morgan fingerprint density at radius 2 is 1.68 bits per heavy atom. The summed E-state index contributed by atoms with van der Waals surface area (Å²) in [5, 5.41) is 11.2. The maximum Gasteiger partial charge on any atom is 0.0684 e. The normalized spacial score (nSPS) is 33.7. The molecule has 104 valence electrons. The Labute approximate surface area is 117 Å². The van der Waals surface area contributed by atoms with Crippen LogP contribution in [0.4, 0.5) is 0 Å². The van der Waals surface area contributed by atoms with Gasteiger partial charge in [0.25, 0.3) is 0 Å². The summed E-state index contributed by atoms with van der Waals surface area (Å²) in [6, 6.07) is 8.80. The Morgan fingerprint density at radius 3 is 2.42 bits per heavy atom. The molecular formula is C18H26O. The average Bonchev–Trinajstić information content (AvgIpc) is 2.34. The van der Waals surface area contributed by atoms with Gasteiger partial charge in [-0.15, -0.1) is 0 Å². The fourth-order valence-electron chi connectivity index (χ4n) is 4.58. The van der Waals surface area contributed by atoms with E-state index in [-0.39, 0.29) is 0 Å². The summed E-state index contributed by atoms with van der Waals surface area (Å²) < 4.78 is 0. The summed E-state index contributed by atoms with van der Waals surface area (Å²) >= 11 is 0. The van der Waals surface area contributed by atoms with Gasteiger partial charge in [0.05, 0.1) is 5.60 Å². The topological polar surface area (TPSA) is 20.2 Å². The molecule has 1 aromatic rings. The second-order valence-corrected chi connectivity index (χ2v) is 7.31. The zero-order valence-corrected chi connectivity index (χ0v) is 12.3. The van der Waals surface area contributed by atoms with Gasteiger partial charge in [-0.2, -0.15) is 0 Å². The van der Waals surface area contributed by atoms with E-state index in [0.717, 1.165) is 32.1 Å². The lowest BCUT2D eigenvalue weighted by atomic mass is 9.57. The van der Waals surface area contributed by atoms with Crippen LogP contribution in [0.3, 0.4) is 0 Å². The van der Waals surface area contributed by atoms with Gasteiger partial charge in [0.1, 0.15) is 0 Å². The standard InChI is InChI=1S/C18H26O/c1-17(2)11-5-12-18(19)13-10-15-7-4-3-6-14(15)8-9-16(17)18/h3-4,6-7,16,19H,5,8-13H2,1-2H3/t16-,18-/m0/s1. The predicted molar refractivity (Wildman–Crippen MR) is 79.2 cm³/mol. The molecule has 0 amide bonds. The first-order chi connectivity index (χ1) is 9.01. The maximum absolute atomic E-state index is 11.2. The molecule has 1 heteroatoms. The Bertz CT molecular complexity index is 463. The monoisotopic (exact) mass is 258 g/mol. The molecule has 0 radical (unpaired) electrons. The molecule has 2 aliphatic carbocycles. The quantitative estimate of drug-likeness (QED) is 0.742.